The van der Waals surface area contributed by atoms with Crippen LogP contribution in [-0.2, 0) is 0 Å². The van der Waals surface area contributed by atoms with Gasteiger partial charge < -0.3 is 19.2 Å². The molecule has 0 saturated heterocycles. The molecular weight excluding hydrogens is 356 g/mol. The van der Waals surface area contributed by atoms with Gasteiger partial charge in [-0.3, -0.25) is 9.78 Å². The van der Waals surface area contributed by atoms with Crippen molar-refractivity contribution in [2.75, 3.05) is 12.4 Å². The summed E-state index contributed by atoms with van der Waals surface area (Å²) in [5.41, 5.74) is 1.81. The van der Waals surface area contributed by atoms with Crippen LogP contribution in [-0.4, -0.2) is 18.0 Å². The molecule has 0 unspecified atom stereocenters. The molecule has 0 saturated carbocycles. The molecule has 4 aromatic rings. The third-order valence-electron chi connectivity index (χ3n) is 4.35. The number of amides is 1. The zero-order valence-corrected chi connectivity index (χ0v) is 15.4. The minimum absolute atomic E-state index is 0.234. The van der Waals surface area contributed by atoms with Crippen molar-refractivity contribution in [3.05, 3.63) is 78.3 Å². The number of pyridine rings is 1. The number of nitrogens with one attached hydrogen (secondary N) is 1. The van der Waals surface area contributed by atoms with Gasteiger partial charge in [-0.2, -0.15) is 0 Å². The first kappa shape index (κ1) is 17.6. The van der Waals surface area contributed by atoms with Crippen LogP contribution in [0, 0.1) is 6.92 Å². The highest BCUT2D eigenvalue weighted by atomic mass is 16.5. The fraction of sp³-hybridized carbons (Fsp3) is 0.0909. The van der Waals surface area contributed by atoms with E-state index in [0.717, 1.165) is 10.9 Å². The van der Waals surface area contributed by atoms with Crippen molar-refractivity contribution >= 4 is 22.6 Å². The molecule has 0 aliphatic heterocycles. The molecule has 0 aliphatic carbocycles. The molecule has 1 N–H and O–H groups in total. The molecule has 0 radical (unpaired) electrons. The smallest absolute Gasteiger partial charge is 0.291 e. The van der Waals surface area contributed by atoms with Gasteiger partial charge in [-0.05, 0) is 37.3 Å². The molecule has 0 bridgehead atoms. The van der Waals surface area contributed by atoms with Crippen molar-refractivity contribution in [3.8, 4) is 17.2 Å². The van der Waals surface area contributed by atoms with E-state index in [-0.39, 0.29) is 11.7 Å². The van der Waals surface area contributed by atoms with Crippen molar-refractivity contribution in [2.45, 2.75) is 6.92 Å². The number of benzene rings is 2. The van der Waals surface area contributed by atoms with E-state index in [4.69, 9.17) is 13.9 Å². The van der Waals surface area contributed by atoms with Gasteiger partial charge in [-0.25, -0.2) is 0 Å². The van der Waals surface area contributed by atoms with Crippen LogP contribution >= 0.6 is 0 Å². The number of aryl methyl sites for hydroxylation is 1. The maximum atomic E-state index is 12.8. The summed E-state index contributed by atoms with van der Waals surface area (Å²) in [4.78, 5) is 16.9. The maximum absolute atomic E-state index is 12.8. The second-order valence-corrected chi connectivity index (χ2v) is 6.16. The number of anilines is 1. The van der Waals surface area contributed by atoms with E-state index in [1.165, 1.54) is 6.20 Å². The average Bonchev–Trinajstić information content (AvgIpc) is 3.06. The van der Waals surface area contributed by atoms with Crippen LogP contribution in [0.2, 0.25) is 0 Å². The summed E-state index contributed by atoms with van der Waals surface area (Å²) in [5.74, 6) is 1.71. The second-order valence-electron chi connectivity index (χ2n) is 6.16. The Kier molecular flexibility index (Phi) is 4.68. The Morgan fingerprint density at radius 3 is 2.68 bits per heavy atom. The van der Waals surface area contributed by atoms with Crippen LogP contribution in [0.4, 0.5) is 5.69 Å². The van der Waals surface area contributed by atoms with Gasteiger partial charge >= 0.3 is 0 Å². The lowest BCUT2D eigenvalue weighted by molar-refractivity contribution is 0.0997. The number of carbonyl (C=O) groups is 1. The fourth-order valence-electron chi connectivity index (χ4n) is 2.90. The summed E-state index contributed by atoms with van der Waals surface area (Å²) in [5, 5.41) is 3.66. The van der Waals surface area contributed by atoms with Crippen LogP contribution < -0.4 is 14.8 Å². The highest BCUT2D eigenvalue weighted by Crippen LogP contribution is 2.31. The number of ether oxygens (including phenoxy) is 2. The zero-order chi connectivity index (χ0) is 19.5. The van der Waals surface area contributed by atoms with E-state index in [9.17, 15) is 4.79 Å². The number of aromatic nitrogens is 1. The van der Waals surface area contributed by atoms with Crippen LogP contribution in [0.5, 0.6) is 17.2 Å². The standard InChI is InChI=1S/C22H18N2O4/c1-14-17-12-16(26-2)8-9-19(17)28-21(14)22(25)24-18-13-23-11-10-20(18)27-15-6-4-3-5-7-15/h3-13H,1-2H3,(H,24,25). The quantitative estimate of drug-likeness (QED) is 0.520. The molecule has 6 nitrogen and oxygen atoms in total. The fourth-order valence-corrected chi connectivity index (χ4v) is 2.90. The normalized spacial score (nSPS) is 10.6. The molecular formula is C22H18N2O4. The molecule has 0 spiro atoms. The number of hydrogen-bond donors (Lipinski definition) is 1. The van der Waals surface area contributed by atoms with Gasteiger partial charge in [0.1, 0.15) is 22.8 Å². The van der Waals surface area contributed by atoms with Crippen LogP contribution in [0.25, 0.3) is 11.0 Å². The lowest BCUT2D eigenvalue weighted by Crippen LogP contribution is -2.13. The predicted octanol–water partition coefficient (Wildman–Crippen LogP) is 5.19. The van der Waals surface area contributed by atoms with Crippen molar-refractivity contribution < 1.29 is 18.7 Å². The monoisotopic (exact) mass is 374 g/mol. The Labute approximate surface area is 161 Å². The van der Waals surface area contributed by atoms with Crippen LogP contribution in [0.3, 0.4) is 0 Å². The summed E-state index contributed by atoms with van der Waals surface area (Å²) in [6.45, 7) is 1.84. The molecule has 0 aliphatic rings. The van der Waals surface area contributed by atoms with E-state index in [0.29, 0.717) is 28.5 Å². The van der Waals surface area contributed by atoms with Crippen LogP contribution in [0.1, 0.15) is 16.1 Å². The topological polar surface area (TPSA) is 73.6 Å². The van der Waals surface area contributed by atoms with Crippen molar-refractivity contribution in [1.29, 1.82) is 0 Å². The van der Waals surface area contributed by atoms with Crippen molar-refractivity contribution in [3.63, 3.8) is 0 Å². The number of fused-ring (bicyclic) bond motifs is 1. The van der Waals surface area contributed by atoms with Gasteiger partial charge in [0.25, 0.3) is 5.91 Å². The molecule has 4 rings (SSSR count). The zero-order valence-electron chi connectivity index (χ0n) is 15.4. The summed E-state index contributed by atoms with van der Waals surface area (Å²) in [6, 6.07) is 16.4. The van der Waals surface area contributed by atoms with E-state index < -0.39 is 0 Å². The third kappa shape index (κ3) is 3.40. The average molecular weight is 374 g/mol. The summed E-state index contributed by atoms with van der Waals surface area (Å²) >= 11 is 0. The Bertz CT molecular complexity index is 1140. The highest BCUT2D eigenvalue weighted by Gasteiger charge is 2.19. The second kappa shape index (κ2) is 7.44. The minimum atomic E-state index is -0.376. The van der Waals surface area contributed by atoms with E-state index in [2.05, 4.69) is 10.3 Å². The first-order valence-electron chi connectivity index (χ1n) is 8.71. The number of methoxy groups -OCH3 is 1. The first-order valence-corrected chi connectivity index (χ1v) is 8.71. The molecule has 2 aromatic carbocycles. The van der Waals surface area contributed by atoms with E-state index in [1.54, 1.807) is 31.5 Å². The summed E-state index contributed by atoms with van der Waals surface area (Å²) < 4.78 is 16.9. The Hall–Kier alpha value is -3.80. The number of para-hydroxylation sites is 1. The van der Waals surface area contributed by atoms with E-state index in [1.807, 2.05) is 43.3 Å². The number of rotatable bonds is 5. The SMILES string of the molecule is COc1ccc2oc(C(=O)Nc3cnccc3Oc3ccccc3)c(C)c2c1. The molecule has 0 fully saturated rings. The van der Waals surface area contributed by atoms with Gasteiger partial charge in [-0.15, -0.1) is 0 Å². The molecule has 0 atom stereocenters. The highest BCUT2D eigenvalue weighted by molar-refractivity contribution is 6.07. The minimum Gasteiger partial charge on any atom is -0.497 e. The molecule has 140 valence electrons. The van der Waals surface area contributed by atoms with Gasteiger partial charge in [-0.1, -0.05) is 18.2 Å². The Morgan fingerprint density at radius 1 is 1.07 bits per heavy atom. The summed E-state index contributed by atoms with van der Waals surface area (Å²) in [7, 11) is 1.60. The Morgan fingerprint density at radius 2 is 1.89 bits per heavy atom. The number of hydrogen-bond acceptors (Lipinski definition) is 5. The maximum Gasteiger partial charge on any atom is 0.291 e. The van der Waals surface area contributed by atoms with Gasteiger partial charge in [0.05, 0.1) is 13.3 Å². The van der Waals surface area contributed by atoms with Crippen molar-refractivity contribution in [1.82, 2.24) is 4.98 Å². The number of carbonyl (C=O) groups excluding carboxylic acids is 1. The van der Waals surface area contributed by atoms with Crippen LogP contribution in [0.15, 0.2) is 71.4 Å². The Balaban J connectivity index is 1.62. The predicted molar refractivity (Wildman–Crippen MR) is 106 cm³/mol. The molecule has 6 heteroatoms. The number of nitrogens with zero attached hydrogens (tertiary/aromatic N) is 1. The largest absolute Gasteiger partial charge is 0.497 e. The number of furan rings is 1. The van der Waals surface area contributed by atoms with Gasteiger partial charge in [0.2, 0.25) is 0 Å². The molecule has 28 heavy (non-hydrogen) atoms. The van der Waals surface area contributed by atoms with Crippen molar-refractivity contribution in [2.24, 2.45) is 0 Å². The first-order chi connectivity index (χ1) is 13.7. The molecule has 2 heterocycles. The summed E-state index contributed by atoms with van der Waals surface area (Å²) in [6.07, 6.45) is 3.14. The lowest BCUT2D eigenvalue weighted by Gasteiger charge is -2.11. The lowest BCUT2D eigenvalue weighted by atomic mass is 10.1. The van der Waals surface area contributed by atoms with E-state index >= 15 is 0 Å². The van der Waals surface area contributed by atoms with Gasteiger partial charge in [0.15, 0.2) is 11.5 Å². The molecule has 2 aromatic heterocycles. The third-order valence-corrected chi connectivity index (χ3v) is 4.35. The van der Waals surface area contributed by atoms with Gasteiger partial charge in [0, 0.05) is 23.2 Å². The molecule has 1 amide bonds.